The van der Waals surface area contributed by atoms with Crippen LogP contribution in [0.4, 0.5) is 11.4 Å². The van der Waals surface area contributed by atoms with Crippen LogP contribution in [0.2, 0.25) is 0 Å². The fourth-order valence-electron chi connectivity index (χ4n) is 1.94. The molecule has 1 aliphatic carbocycles. The Kier molecular flexibility index (Phi) is 4.65. The maximum atomic E-state index is 11.7. The van der Waals surface area contributed by atoms with E-state index in [1.807, 2.05) is 24.3 Å². The van der Waals surface area contributed by atoms with E-state index in [1.54, 1.807) is 0 Å². The van der Waals surface area contributed by atoms with Crippen molar-refractivity contribution < 1.29 is 4.79 Å². The molecular formula is C16H25N3O. The number of nitrogens with one attached hydrogen (secondary N) is 3. The predicted molar refractivity (Wildman–Crippen MR) is 84.0 cm³/mol. The van der Waals surface area contributed by atoms with Gasteiger partial charge >= 0.3 is 0 Å². The van der Waals surface area contributed by atoms with Crippen molar-refractivity contribution in [3.8, 4) is 0 Å². The van der Waals surface area contributed by atoms with Crippen molar-refractivity contribution in [3.05, 3.63) is 24.3 Å². The van der Waals surface area contributed by atoms with Crippen LogP contribution < -0.4 is 16.0 Å². The number of hydrogen-bond acceptors (Lipinski definition) is 3. The third kappa shape index (κ3) is 5.21. The van der Waals surface area contributed by atoms with Gasteiger partial charge in [-0.05, 0) is 51.8 Å². The Balaban J connectivity index is 1.78. The second kappa shape index (κ2) is 6.27. The van der Waals surface area contributed by atoms with E-state index in [2.05, 4.69) is 36.7 Å². The molecule has 1 saturated carbocycles. The molecule has 0 radical (unpaired) electrons. The highest BCUT2D eigenvalue weighted by atomic mass is 16.2. The lowest BCUT2D eigenvalue weighted by molar-refractivity contribution is -0.117. The first-order valence-corrected chi connectivity index (χ1v) is 7.34. The number of amides is 1. The molecule has 1 aliphatic rings. The van der Waals surface area contributed by atoms with Crippen LogP contribution in [0.25, 0.3) is 0 Å². The molecule has 0 unspecified atom stereocenters. The van der Waals surface area contributed by atoms with E-state index >= 15 is 0 Å². The fraction of sp³-hybridized carbons (Fsp3) is 0.562. The molecule has 4 heteroatoms. The lowest BCUT2D eigenvalue weighted by Gasteiger charge is -2.20. The van der Waals surface area contributed by atoms with Crippen molar-refractivity contribution >= 4 is 17.3 Å². The second-order valence-corrected chi connectivity index (χ2v) is 6.45. The summed E-state index contributed by atoms with van der Waals surface area (Å²) in [7, 11) is 0. The summed E-state index contributed by atoms with van der Waals surface area (Å²) in [6.07, 6.45) is 2.06. The van der Waals surface area contributed by atoms with Gasteiger partial charge in [-0.2, -0.15) is 0 Å². The quantitative estimate of drug-likeness (QED) is 0.700. The van der Waals surface area contributed by atoms with Gasteiger partial charge in [-0.25, -0.2) is 0 Å². The zero-order chi connectivity index (χ0) is 14.6. The number of anilines is 2. The molecule has 0 saturated heterocycles. The molecule has 4 nitrogen and oxygen atoms in total. The van der Waals surface area contributed by atoms with E-state index in [4.69, 9.17) is 0 Å². The van der Waals surface area contributed by atoms with Crippen LogP contribution in [0.1, 0.15) is 33.6 Å². The molecule has 2 rings (SSSR count). The molecule has 0 spiro atoms. The SMILES string of the molecule is CC(C)(C)NCCNc1cccc(NC(=O)C2CC2)c1. The summed E-state index contributed by atoms with van der Waals surface area (Å²) in [5, 5.41) is 9.76. The van der Waals surface area contributed by atoms with Crippen molar-refractivity contribution in [3.63, 3.8) is 0 Å². The molecular weight excluding hydrogens is 250 g/mol. The molecule has 1 aromatic carbocycles. The highest BCUT2D eigenvalue weighted by molar-refractivity contribution is 5.94. The summed E-state index contributed by atoms with van der Waals surface area (Å²) in [6, 6.07) is 7.89. The van der Waals surface area contributed by atoms with E-state index in [0.29, 0.717) is 0 Å². The van der Waals surface area contributed by atoms with Crippen LogP contribution in [0.15, 0.2) is 24.3 Å². The zero-order valence-corrected chi connectivity index (χ0v) is 12.6. The van der Waals surface area contributed by atoms with E-state index in [9.17, 15) is 4.79 Å². The van der Waals surface area contributed by atoms with Crippen molar-refractivity contribution in [2.24, 2.45) is 5.92 Å². The van der Waals surface area contributed by atoms with E-state index in [1.165, 1.54) is 0 Å². The van der Waals surface area contributed by atoms with Crippen LogP contribution in [-0.2, 0) is 4.79 Å². The first kappa shape index (κ1) is 14.9. The van der Waals surface area contributed by atoms with Gasteiger partial charge in [0.2, 0.25) is 5.91 Å². The molecule has 0 aliphatic heterocycles. The molecule has 1 fully saturated rings. The molecule has 0 atom stereocenters. The Morgan fingerprint density at radius 2 is 1.90 bits per heavy atom. The van der Waals surface area contributed by atoms with Gasteiger partial charge in [-0.3, -0.25) is 4.79 Å². The Bertz CT molecular complexity index is 461. The van der Waals surface area contributed by atoms with Crippen LogP contribution in [0.5, 0.6) is 0 Å². The number of carbonyl (C=O) groups excluding carboxylic acids is 1. The lowest BCUT2D eigenvalue weighted by Crippen LogP contribution is -2.38. The molecule has 0 heterocycles. The van der Waals surface area contributed by atoms with Gasteiger partial charge in [0.1, 0.15) is 0 Å². The number of hydrogen-bond donors (Lipinski definition) is 3. The van der Waals surface area contributed by atoms with Crippen molar-refractivity contribution in [1.82, 2.24) is 5.32 Å². The van der Waals surface area contributed by atoms with Gasteiger partial charge in [0.05, 0.1) is 0 Å². The standard InChI is InChI=1S/C16H25N3O/c1-16(2,3)18-10-9-17-13-5-4-6-14(11-13)19-15(20)12-7-8-12/h4-6,11-12,17-18H,7-10H2,1-3H3,(H,19,20). The van der Waals surface area contributed by atoms with Crippen molar-refractivity contribution in [1.29, 1.82) is 0 Å². The maximum absolute atomic E-state index is 11.7. The Hall–Kier alpha value is -1.55. The lowest BCUT2D eigenvalue weighted by atomic mass is 10.1. The molecule has 110 valence electrons. The van der Waals surface area contributed by atoms with Crippen LogP contribution in [-0.4, -0.2) is 24.5 Å². The second-order valence-electron chi connectivity index (χ2n) is 6.45. The van der Waals surface area contributed by atoms with Gasteiger partial charge in [0.15, 0.2) is 0 Å². The summed E-state index contributed by atoms with van der Waals surface area (Å²) in [5.41, 5.74) is 2.05. The van der Waals surface area contributed by atoms with E-state index in [0.717, 1.165) is 37.3 Å². The van der Waals surface area contributed by atoms with Crippen LogP contribution >= 0.6 is 0 Å². The normalized spacial score (nSPS) is 14.9. The first-order valence-electron chi connectivity index (χ1n) is 7.34. The van der Waals surface area contributed by atoms with E-state index < -0.39 is 0 Å². The Labute approximate surface area is 121 Å². The Morgan fingerprint density at radius 3 is 2.55 bits per heavy atom. The van der Waals surface area contributed by atoms with Gasteiger partial charge in [0.25, 0.3) is 0 Å². The summed E-state index contributed by atoms with van der Waals surface area (Å²) in [4.78, 5) is 11.7. The fourth-order valence-corrected chi connectivity index (χ4v) is 1.94. The first-order chi connectivity index (χ1) is 9.44. The highest BCUT2D eigenvalue weighted by Crippen LogP contribution is 2.30. The van der Waals surface area contributed by atoms with Gasteiger partial charge in [0, 0.05) is 35.9 Å². The summed E-state index contributed by atoms with van der Waals surface area (Å²) in [5.74, 6) is 0.388. The van der Waals surface area contributed by atoms with Crippen molar-refractivity contribution in [2.75, 3.05) is 23.7 Å². The number of carbonyl (C=O) groups is 1. The summed E-state index contributed by atoms with van der Waals surface area (Å²) in [6.45, 7) is 8.22. The summed E-state index contributed by atoms with van der Waals surface area (Å²) >= 11 is 0. The highest BCUT2D eigenvalue weighted by Gasteiger charge is 2.29. The predicted octanol–water partition coefficient (Wildman–Crippen LogP) is 2.84. The average molecular weight is 275 g/mol. The molecule has 1 amide bonds. The molecule has 20 heavy (non-hydrogen) atoms. The smallest absolute Gasteiger partial charge is 0.227 e. The number of rotatable bonds is 6. The van der Waals surface area contributed by atoms with Crippen LogP contribution in [0.3, 0.4) is 0 Å². The zero-order valence-electron chi connectivity index (χ0n) is 12.6. The van der Waals surface area contributed by atoms with Gasteiger partial charge < -0.3 is 16.0 Å². The van der Waals surface area contributed by atoms with E-state index in [-0.39, 0.29) is 17.4 Å². The minimum atomic E-state index is 0.141. The monoisotopic (exact) mass is 275 g/mol. The molecule has 3 N–H and O–H groups in total. The number of benzene rings is 1. The topological polar surface area (TPSA) is 53.2 Å². The molecule has 1 aromatic rings. The largest absolute Gasteiger partial charge is 0.384 e. The third-order valence-corrected chi connectivity index (χ3v) is 3.19. The minimum absolute atomic E-state index is 0.141. The summed E-state index contributed by atoms with van der Waals surface area (Å²) < 4.78 is 0. The molecule has 0 aromatic heterocycles. The third-order valence-electron chi connectivity index (χ3n) is 3.19. The van der Waals surface area contributed by atoms with Crippen LogP contribution in [0, 0.1) is 5.92 Å². The Morgan fingerprint density at radius 1 is 1.20 bits per heavy atom. The average Bonchev–Trinajstić information content (AvgIpc) is 3.18. The van der Waals surface area contributed by atoms with Gasteiger partial charge in [-0.15, -0.1) is 0 Å². The van der Waals surface area contributed by atoms with Crippen molar-refractivity contribution in [2.45, 2.75) is 39.2 Å². The maximum Gasteiger partial charge on any atom is 0.227 e. The molecule has 0 bridgehead atoms. The minimum Gasteiger partial charge on any atom is -0.384 e. The van der Waals surface area contributed by atoms with Gasteiger partial charge in [-0.1, -0.05) is 6.07 Å².